The Balaban J connectivity index is 1.62. The van der Waals surface area contributed by atoms with E-state index in [-0.39, 0.29) is 23.9 Å². The predicted molar refractivity (Wildman–Crippen MR) is 119 cm³/mol. The minimum Gasteiger partial charge on any atom is -0.493 e. The third kappa shape index (κ3) is 4.93. The molecule has 0 radical (unpaired) electrons. The van der Waals surface area contributed by atoms with Gasteiger partial charge in [-0.05, 0) is 53.6 Å². The predicted octanol–water partition coefficient (Wildman–Crippen LogP) is 5.76. The molecule has 0 unspecified atom stereocenters. The highest BCUT2D eigenvalue weighted by Gasteiger charge is 2.46. The second-order valence-electron chi connectivity index (χ2n) is 7.28. The molecule has 1 heterocycles. The molecule has 0 fully saturated rings. The van der Waals surface area contributed by atoms with Crippen molar-refractivity contribution in [1.29, 1.82) is 0 Å². The van der Waals surface area contributed by atoms with E-state index in [1.165, 1.54) is 49.6 Å². The van der Waals surface area contributed by atoms with E-state index in [0.29, 0.717) is 11.3 Å². The van der Waals surface area contributed by atoms with Gasteiger partial charge in [-0.2, -0.15) is 23.3 Å². The van der Waals surface area contributed by atoms with Crippen molar-refractivity contribution >= 4 is 23.4 Å². The first-order valence-corrected chi connectivity index (χ1v) is 10.1. The van der Waals surface area contributed by atoms with Gasteiger partial charge in [0.25, 0.3) is 5.91 Å². The lowest BCUT2D eigenvalue weighted by atomic mass is 10.1. The number of nitrogens with zero attached hydrogens (tertiary/aromatic N) is 2. The highest BCUT2D eigenvalue weighted by molar-refractivity contribution is 6.34. The molecule has 9 heteroatoms. The topological polar surface area (TPSA) is 51.1 Å². The highest BCUT2D eigenvalue weighted by atomic mass is 19.4. The van der Waals surface area contributed by atoms with Crippen LogP contribution in [0.4, 0.5) is 23.2 Å². The summed E-state index contributed by atoms with van der Waals surface area (Å²) in [6.45, 7) is 0.131. The molecule has 0 N–H and O–H groups in total. The molecule has 0 atom stereocenters. The first-order valence-electron chi connectivity index (χ1n) is 10.1. The lowest BCUT2D eigenvalue weighted by Gasteiger charge is -2.12. The van der Waals surface area contributed by atoms with Crippen LogP contribution in [0.25, 0.3) is 6.08 Å². The Bertz CT molecular complexity index is 1250. The summed E-state index contributed by atoms with van der Waals surface area (Å²) < 4.78 is 65.0. The van der Waals surface area contributed by atoms with Crippen molar-refractivity contribution < 1.29 is 31.8 Å². The molecular weight excluding hydrogens is 452 g/mol. The summed E-state index contributed by atoms with van der Waals surface area (Å²) in [4.78, 5) is 12.8. The van der Waals surface area contributed by atoms with Gasteiger partial charge in [0.15, 0.2) is 17.2 Å². The van der Waals surface area contributed by atoms with Crippen molar-refractivity contribution in [2.45, 2.75) is 12.8 Å². The van der Waals surface area contributed by atoms with Gasteiger partial charge in [0.2, 0.25) is 0 Å². The number of amides is 1. The van der Waals surface area contributed by atoms with Gasteiger partial charge in [-0.15, -0.1) is 0 Å². The van der Waals surface area contributed by atoms with Crippen molar-refractivity contribution in [3.63, 3.8) is 0 Å². The normalized spacial score (nSPS) is 15.0. The zero-order valence-electron chi connectivity index (χ0n) is 17.8. The monoisotopic (exact) mass is 470 g/mol. The number of ether oxygens (including phenoxy) is 2. The van der Waals surface area contributed by atoms with E-state index in [2.05, 4.69) is 5.10 Å². The average molecular weight is 470 g/mol. The number of methoxy groups -OCH3 is 1. The summed E-state index contributed by atoms with van der Waals surface area (Å²) in [7, 11) is 1.39. The van der Waals surface area contributed by atoms with E-state index < -0.39 is 23.4 Å². The average Bonchev–Trinajstić information content (AvgIpc) is 3.16. The standard InChI is InChI=1S/C25H18F4N2O3/c1-33-22-14-17(9-12-21(22)34-15-16-7-10-18(26)11-8-16)13-20-23(25(27,28)29)30-31(24(20)32)19-5-3-2-4-6-19/h2-14H,15H2,1H3/b20-13-. The number of anilines is 1. The second kappa shape index (κ2) is 9.38. The van der Waals surface area contributed by atoms with Gasteiger partial charge in [-0.25, -0.2) is 4.39 Å². The first-order chi connectivity index (χ1) is 16.3. The number of hydrogen-bond acceptors (Lipinski definition) is 4. The van der Waals surface area contributed by atoms with Crippen LogP contribution in [0.5, 0.6) is 11.5 Å². The van der Waals surface area contributed by atoms with Gasteiger partial charge in [0, 0.05) is 0 Å². The van der Waals surface area contributed by atoms with Crippen molar-refractivity contribution in [1.82, 2.24) is 0 Å². The molecule has 1 aliphatic rings. The SMILES string of the molecule is COc1cc(/C=C2\C(=O)N(c3ccccc3)N=C2C(F)(F)F)ccc1OCc1ccc(F)cc1. The molecule has 0 aromatic heterocycles. The molecule has 0 bridgehead atoms. The van der Waals surface area contributed by atoms with Crippen molar-refractivity contribution in [3.8, 4) is 11.5 Å². The fourth-order valence-electron chi connectivity index (χ4n) is 3.30. The van der Waals surface area contributed by atoms with Crippen LogP contribution in [0.1, 0.15) is 11.1 Å². The van der Waals surface area contributed by atoms with Gasteiger partial charge < -0.3 is 9.47 Å². The molecule has 4 rings (SSSR count). The number of benzene rings is 3. The Morgan fingerprint density at radius 2 is 1.68 bits per heavy atom. The zero-order chi connectivity index (χ0) is 24.3. The number of alkyl halides is 3. The van der Waals surface area contributed by atoms with Crippen LogP contribution in [0.2, 0.25) is 0 Å². The van der Waals surface area contributed by atoms with Gasteiger partial charge in [0.05, 0.1) is 18.4 Å². The van der Waals surface area contributed by atoms with Crippen LogP contribution < -0.4 is 14.5 Å². The molecule has 0 saturated carbocycles. The van der Waals surface area contributed by atoms with E-state index in [1.54, 1.807) is 30.3 Å². The molecule has 3 aromatic rings. The van der Waals surface area contributed by atoms with E-state index in [4.69, 9.17) is 9.47 Å². The maximum absolute atomic E-state index is 13.7. The number of hydrazone groups is 1. The first kappa shape index (κ1) is 23.0. The van der Waals surface area contributed by atoms with Crippen molar-refractivity contribution in [3.05, 3.63) is 95.3 Å². The molecule has 1 aliphatic heterocycles. The summed E-state index contributed by atoms with van der Waals surface area (Å²) in [6, 6.07) is 18.1. The van der Waals surface area contributed by atoms with Crippen LogP contribution in [0.3, 0.4) is 0 Å². The molecule has 1 amide bonds. The number of para-hydroxylation sites is 1. The van der Waals surface area contributed by atoms with Crippen LogP contribution in [0, 0.1) is 5.82 Å². The Kier molecular flexibility index (Phi) is 6.36. The smallest absolute Gasteiger partial charge is 0.435 e. The van der Waals surface area contributed by atoms with Gasteiger partial charge >= 0.3 is 6.18 Å². The maximum Gasteiger partial charge on any atom is 0.435 e. The quantitative estimate of drug-likeness (QED) is 0.340. The number of halogens is 4. The Hall–Kier alpha value is -4.14. The largest absolute Gasteiger partial charge is 0.493 e. The molecule has 0 saturated heterocycles. The fraction of sp³-hybridized carbons (Fsp3) is 0.120. The number of hydrogen-bond donors (Lipinski definition) is 0. The summed E-state index contributed by atoms with van der Waals surface area (Å²) in [5.74, 6) is -0.670. The molecule has 5 nitrogen and oxygen atoms in total. The Morgan fingerprint density at radius 1 is 0.971 bits per heavy atom. The van der Waals surface area contributed by atoms with Crippen LogP contribution >= 0.6 is 0 Å². The van der Waals surface area contributed by atoms with Gasteiger partial charge in [-0.1, -0.05) is 36.4 Å². The summed E-state index contributed by atoms with van der Waals surface area (Å²) in [5, 5.41) is 4.27. The summed E-state index contributed by atoms with van der Waals surface area (Å²) >= 11 is 0. The zero-order valence-corrected chi connectivity index (χ0v) is 17.8. The maximum atomic E-state index is 13.7. The Labute approximate surface area is 192 Å². The summed E-state index contributed by atoms with van der Waals surface area (Å²) in [5.41, 5.74) is -0.630. The molecule has 34 heavy (non-hydrogen) atoms. The van der Waals surface area contributed by atoms with E-state index >= 15 is 0 Å². The third-order valence-corrected chi connectivity index (χ3v) is 4.95. The highest BCUT2D eigenvalue weighted by Crippen LogP contribution is 2.34. The van der Waals surface area contributed by atoms with Crippen LogP contribution in [-0.4, -0.2) is 24.9 Å². The fourth-order valence-corrected chi connectivity index (χ4v) is 3.30. The van der Waals surface area contributed by atoms with E-state index in [0.717, 1.165) is 16.6 Å². The van der Waals surface area contributed by atoms with Crippen LogP contribution in [-0.2, 0) is 11.4 Å². The minimum atomic E-state index is -4.83. The molecular formula is C25H18F4N2O3. The van der Waals surface area contributed by atoms with Crippen LogP contribution in [0.15, 0.2) is 83.5 Å². The molecule has 174 valence electrons. The third-order valence-electron chi connectivity index (χ3n) is 4.95. The van der Waals surface area contributed by atoms with E-state index in [1.807, 2.05) is 0 Å². The number of rotatable bonds is 6. The van der Waals surface area contributed by atoms with Crippen molar-refractivity contribution in [2.75, 3.05) is 12.1 Å². The Morgan fingerprint density at radius 3 is 2.32 bits per heavy atom. The lowest BCUT2D eigenvalue weighted by molar-refractivity contribution is -0.114. The number of carbonyl (C=O) groups is 1. The lowest BCUT2D eigenvalue weighted by Crippen LogP contribution is -2.25. The van der Waals surface area contributed by atoms with E-state index in [9.17, 15) is 22.4 Å². The van der Waals surface area contributed by atoms with Crippen molar-refractivity contribution in [2.24, 2.45) is 5.10 Å². The number of carbonyl (C=O) groups excluding carboxylic acids is 1. The summed E-state index contributed by atoms with van der Waals surface area (Å²) in [6.07, 6.45) is -3.71. The second-order valence-corrected chi connectivity index (χ2v) is 7.28. The van der Waals surface area contributed by atoms with Gasteiger partial charge in [0.1, 0.15) is 12.4 Å². The minimum absolute atomic E-state index is 0.131. The molecule has 0 spiro atoms. The molecule has 0 aliphatic carbocycles. The van der Waals surface area contributed by atoms with Gasteiger partial charge in [-0.3, -0.25) is 4.79 Å². The molecule has 3 aromatic carbocycles.